The summed E-state index contributed by atoms with van der Waals surface area (Å²) in [6.45, 7) is 3.21. The average Bonchev–Trinajstić information content (AvgIpc) is 3.07. The van der Waals surface area contributed by atoms with Crippen LogP contribution in [0.3, 0.4) is 0 Å². The summed E-state index contributed by atoms with van der Waals surface area (Å²) >= 11 is 1.27. The molecule has 0 atom stereocenters. The Bertz CT molecular complexity index is 1130. The largest absolute Gasteiger partial charge is 0.477 e. The van der Waals surface area contributed by atoms with Crippen molar-refractivity contribution >= 4 is 34.2 Å². The molecule has 2 aliphatic heterocycles. The molecule has 0 aliphatic carbocycles. The predicted molar refractivity (Wildman–Crippen MR) is 97.4 cm³/mol. The Hall–Kier alpha value is -2.85. The van der Waals surface area contributed by atoms with Gasteiger partial charge in [-0.05, 0) is 6.07 Å². The monoisotopic (exact) mass is 387 g/mol. The fraction of sp³-hybridized carbons (Fsp3) is 0.294. The van der Waals surface area contributed by atoms with Gasteiger partial charge in [-0.1, -0.05) is 0 Å². The standard InChI is InChI=1S/C17H14FN5O3S/c18-11-3-9-12(24)10(15(25)26)4-23(16-20-1-2-27-16)13(9)21-14(11)22-7-17(8-22)5-19-6-17/h1-4,19H,5-8H2,(H,25,26). The molecule has 27 heavy (non-hydrogen) atoms. The molecule has 0 radical (unpaired) electrons. The lowest BCUT2D eigenvalue weighted by Gasteiger charge is -2.56. The highest BCUT2D eigenvalue weighted by Gasteiger charge is 2.48. The SMILES string of the molecule is O=C(O)c1cn(-c2nccs2)c2nc(N3CC4(CNC4)C3)c(F)cc2c1=O. The van der Waals surface area contributed by atoms with Gasteiger partial charge < -0.3 is 15.3 Å². The van der Waals surface area contributed by atoms with Crippen molar-refractivity contribution in [3.63, 3.8) is 0 Å². The number of aromatic nitrogens is 3. The van der Waals surface area contributed by atoms with E-state index in [-0.39, 0.29) is 22.3 Å². The molecule has 8 nitrogen and oxygen atoms in total. The van der Waals surface area contributed by atoms with E-state index in [0.717, 1.165) is 19.2 Å². The summed E-state index contributed by atoms with van der Waals surface area (Å²) in [7, 11) is 0. The third-order valence-electron chi connectivity index (χ3n) is 5.12. The van der Waals surface area contributed by atoms with Gasteiger partial charge in [-0.2, -0.15) is 0 Å². The number of aromatic carboxylic acids is 1. The maximum absolute atomic E-state index is 14.7. The Balaban J connectivity index is 1.71. The van der Waals surface area contributed by atoms with Gasteiger partial charge >= 0.3 is 5.97 Å². The Morgan fingerprint density at radius 1 is 1.37 bits per heavy atom. The molecule has 0 bridgehead atoms. The third-order valence-corrected chi connectivity index (χ3v) is 5.89. The van der Waals surface area contributed by atoms with Crippen molar-refractivity contribution in [3.8, 4) is 5.13 Å². The van der Waals surface area contributed by atoms with E-state index in [9.17, 15) is 19.1 Å². The highest BCUT2D eigenvalue weighted by Crippen LogP contribution is 2.38. The van der Waals surface area contributed by atoms with Crippen LogP contribution in [0.2, 0.25) is 0 Å². The first kappa shape index (κ1) is 16.3. The highest BCUT2D eigenvalue weighted by molar-refractivity contribution is 7.12. The molecule has 0 unspecified atom stereocenters. The lowest BCUT2D eigenvalue weighted by atomic mass is 9.74. The topological polar surface area (TPSA) is 100 Å². The van der Waals surface area contributed by atoms with Gasteiger partial charge in [-0.15, -0.1) is 11.3 Å². The minimum atomic E-state index is -1.38. The summed E-state index contributed by atoms with van der Waals surface area (Å²) in [5.41, 5.74) is -0.823. The number of anilines is 1. The van der Waals surface area contributed by atoms with Gasteiger partial charge in [0.1, 0.15) is 5.56 Å². The van der Waals surface area contributed by atoms with Gasteiger partial charge in [0.2, 0.25) is 5.43 Å². The van der Waals surface area contributed by atoms with E-state index in [2.05, 4.69) is 15.3 Å². The van der Waals surface area contributed by atoms with Crippen molar-refractivity contribution in [2.75, 3.05) is 31.1 Å². The van der Waals surface area contributed by atoms with E-state index in [1.165, 1.54) is 22.1 Å². The van der Waals surface area contributed by atoms with Crippen molar-refractivity contribution in [1.29, 1.82) is 0 Å². The molecule has 5 rings (SSSR count). The van der Waals surface area contributed by atoms with Crippen LogP contribution >= 0.6 is 11.3 Å². The summed E-state index contributed by atoms with van der Waals surface area (Å²) in [5, 5.41) is 14.7. The van der Waals surface area contributed by atoms with Gasteiger partial charge in [-0.3, -0.25) is 9.36 Å². The molecule has 138 valence electrons. The summed E-state index contributed by atoms with van der Waals surface area (Å²) in [6, 6.07) is 1.08. The fourth-order valence-corrected chi connectivity index (χ4v) is 4.30. The minimum absolute atomic E-state index is 0.0769. The Kier molecular flexibility index (Phi) is 3.37. The zero-order valence-electron chi connectivity index (χ0n) is 14.0. The molecule has 10 heteroatoms. The third kappa shape index (κ3) is 2.37. The second-order valence-electron chi connectivity index (χ2n) is 6.99. The van der Waals surface area contributed by atoms with E-state index in [4.69, 9.17) is 0 Å². The Morgan fingerprint density at radius 3 is 2.74 bits per heavy atom. The van der Waals surface area contributed by atoms with Gasteiger partial charge in [-0.25, -0.2) is 19.2 Å². The lowest BCUT2D eigenvalue weighted by molar-refractivity contribution is 0.0695. The van der Waals surface area contributed by atoms with Gasteiger partial charge in [0, 0.05) is 49.4 Å². The molecule has 2 saturated heterocycles. The van der Waals surface area contributed by atoms with Crippen LogP contribution < -0.4 is 15.6 Å². The molecule has 0 amide bonds. The summed E-state index contributed by atoms with van der Waals surface area (Å²) < 4.78 is 16.2. The number of nitrogens with zero attached hydrogens (tertiary/aromatic N) is 4. The number of nitrogens with one attached hydrogen (secondary N) is 1. The number of carbonyl (C=O) groups is 1. The van der Waals surface area contributed by atoms with Crippen LogP contribution in [-0.4, -0.2) is 51.8 Å². The molecule has 3 aromatic rings. The number of thiazole rings is 1. The Morgan fingerprint density at radius 2 is 2.15 bits per heavy atom. The van der Waals surface area contributed by atoms with Crippen LogP contribution in [0.5, 0.6) is 0 Å². The van der Waals surface area contributed by atoms with Crippen LogP contribution in [0.25, 0.3) is 16.2 Å². The van der Waals surface area contributed by atoms with E-state index < -0.39 is 22.8 Å². The van der Waals surface area contributed by atoms with Crippen molar-refractivity contribution in [2.45, 2.75) is 0 Å². The lowest BCUT2D eigenvalue weighted by Crippen LogP contribution is -2.71. The zero-order valence-corrected chi connectivity index (χ0v) is 14.8. The van der Waals surface area contributed by atoms with Gasteiger partial charge in [0.25, 0.3) is 0 Å². The molecule has 0 saturated carbocycles. The highest BCUT2D eigenvalue weighted by atomic mass is 32.1. The number of hydrogen-bond acceptors (Lipinski definition) is 7. The van der Waals surface area contributed by atoms with E-state index in [1.54, 1.807) is 11.6 Å². The number of halogens is 1. The van der Waals surface area contributed by atoms with Crippen LogP contribution in [0.1, 0.15) is 10.4 Å². The Labute approximate surface area is 155 Å². The quantitative estimate of drug-likeness (QED) is 0.694. The van der Waals surface area contributed by atoms with Gasteiger partial charge in [0.15, 0.2) is 22.4 Å². The number of hydrogen-bond donors (Lipinski definition) is 2. The molecule has 1 spiro atoms. The maximum Gasteiger partial charge on any atom is 0.341 e. The molecule has 2 fully saturated rings. The fourth-order valence-electron chi connectivity index (χ4n) is 3.68. The molecule has 0 aromatic carbocycles. The normalized spacial score (nSPS) is 17.7. The molecule has 3 aromatic heterocycles. The smallest absolute Gasteiger partial charge is 0.341 e. The average molecular weight is 387 g/mol. The van der Waals surface area contributed by atoms with E-state index in [0.29, 0.717) is 18.2 Å². The van der Waals surface area contributed by atoms with E-state index in [1.807, 2.05) is 4.90 Å². The minimum Gasteiger partial charge on any atom is -0.477 e. The van der Waals surface area contributed by atoms with E-state index >= 15 is 0 Å². The first-order chi connectivity index (χ1) is 13.0. The van der Waals surface area contributed by atoms with Crippen LogP contribution in [0, 0.1) is 11.2 Å². The summed E-state index contributed by atoms with van der Waals surface area (Å²) in [5.74, 6) is -1.83. The maximum atomic E-state index is 14.7. The molecular formula is C17H14FN5O3S. The van der Waals surface area contributed by atoms with Crippen molar-refractivity contribution in [3.05, 3.63) is 45.4 Å². The molecular weight excluding hydrogens is 373 g/mol. The summed E-state index contributed by atoms with van der Waals surface area (Å²) in [6.07, 6.45) is 2.77. The van der Waals surface area contributed by atoms with Crippen LogP contribution in [-0.2, 0) is 0 Å². The van der Waals surface area contributed by atoms with Crippen molar-refractivity contribution in [1.82, 2.24) is 19.9 Å². The van der Waals surface area contributed by atoms with Gasteiger partial charge in [0.05, 0.1) is 5.39 Å². The second-order valence-corrected chi connectivity index (χ2v) is 7.86. The number of carboxylic acids is 1. The molecule has 2 aliphatic rings. The van der Waals surface area contributed by atoms with Crippen molar-refractivity contribution < 1.29 is 14.3 Å². The predicted octanol–water partition coefficient (Wildman–Crippen LogP) is 1.09. The van der Waals surface area contributed by atoms with Crippen molar-refractivity contribution in [2.24, 2.45) is 5.41 Å². The molecule has 5 heterocycles. The first-order valence-electron chi connectivity index (χ1n) is 8.32. The molecule has 2 N–H and O–H groups in total. The number of carboxylic acid groups (broad SMARTS) is 1. The van der Waals surface area contributed by atoms with Crippen LogP contribution in [0.15, 0.2) is 28.6 Å². The first-order valence-corrected chi connectivity index (χ1v) is 9.20. The second kappa shape index (κ2) is 5.57. The summed E-state index contributed by atoms with van der Waals surface area (Å²) in [4.78, 5) is 34.4. The zero-order chi connectivity index (χ0) is 18.8. The number of pyridine rings is 2. The number of rotatable bonds is 3. The van der Waals surface area contributed by atoms with Crippen LogP contribution in [0.4, 0.5) is 10.2 Å². The number of fused-ring (bicyclic) bond motifs is 1.